The molecule has 0 aliphatic carbocycles. The average molecular weight is 334 g/mol. The lowest BCUT2D eigenvalue weighted by atomic mass is 9.85. The Labute approximate surface area is 146 Å². The maximum Gasteiger partial charge on any atom is 0.163 e. The minimum absolute atomic E-state index is 0.00956. The third kappa shape index (κ3) is 3.94. The van der Waals surface area contributed by atoms with Crippen molar-refractivity contribution in [3.8, 4) is 5.75 Å². The van der Waals surface area contributed by atoms with E-state index >= 15 is 0 Å². The Morgan fingerprint density at radius 3 is 2.20 bits per heavy atom. The summed E-state index contributed by atoms with van der Waals surface area (Å²) in [5, 5.41) is 0. The Balaban J connectivity index is 1.97. The van der Waals surface area contributed by atoms with Gasteiger partial charge in [-0.25, -0.2) is 4.39 Å². The molecule has 3 heteroatoms. The molecule has 126 valence electrons. The van der Waals surface area contributed by atoms with Gasteiger partial charge in [-0.1, -0.05) is 60.7 Å². The van der Waals surface area contributed by atoms with Gasteiger partial charge in [0.15, 0.2) is 5.78 Å². The minimum Gasteiger partial charge on any atom is -0.497 e. The van der Waals surface area contributed by atoms with Crippen LogP contribution in [-0.2, 0) is 0 Å². The van der Waals surface area contributed by atoms with Crippen LogP contribution in [0.2, 0.25) is 0 Å². The van der Waals surface area contributed by atoms with Crippen molar-refractivity contribution < 1.29 is 13.9 Å². The van der Waals surface area contributed by atoms with Gasteiger partial charge in [-0.3, -0.25) is 4.79 Å². The van der Waals surface area contributed by atoms with Crippen LogP contribution in [0.3, 0.4) is 0 Å². The smallest absolute Gasteiger partial charge is 0.163 e. The highest BCUT2D eigenvalue weighted by Gasteiger charge is 2.22. The molecular weight excluding hydrogens is 315 g/mol. The zero-order valence-electron chi connectivity index (χ0n) is 14.0. The van der Waals surface area contributed by atoms with Crippen molar-refractivity contribution in [2.24, 2.45) is 0 Å². The summed E-state index contributed by atoms with van der Waals surface area (Å²) in [7, 11) is 1.60. The van der Waals surface area contributed by atoms with E-state index < -0.39 is 0 Å². The number of carbonyl (C=O) groups excluding carboxylic acids is 1. The summed E-state index contributed by atoms with van der Waals surface area (Å²) in [4.78, 5) is 12.7. The van der Waals surface area contributed by atoms with Gasteiger partial charge < -0.3 is 4.74 Å². The molecule has 0 spiro atoms. The van der Waals surface area contributed by atoms with Gasteiger partial charge in [0.05, 0.1) is 7.11 Å². The molecule has 0 fully saturated rings. The molecule has 0 bridgehead atoms. The molecule has 0 N–H and O–H groups in total. The molecule has 0 aliphatic rings. The molecule has 1 unspecified atom stereocenters. The Morgan fingerprint density at radius 2 is 1.56 bits per heavy atom. The summed E-state index contributed by atoms with van der Waals surface area (Å²) < 4.78 is 19.6. The van der Waals surface area contributed by atoms with Crippen molar-refractivity contribution in [1.29, 1.82) is 0 Å². The molecule has 25 heavy (non-hydrogen) atoms. The first-order valence-corrected chi connectivity index (χ1v) is 8.15. The molecule has 0 saturated carbocycles. The van der Waals surface area contributed by atoms with Crippen LogP contribution in [0.4, 0.5) is 4.39 Å². The second-order valence-electron chi connectivity index (χ2n) is 5.84. The molecule has 3 aromatic rings. The number of benzene rings is 3. The van der Waals surface area contributed by atoms with Crippen LogP contribution in [0.25, 0.3) is 0 Å². The second-order valence-corrected chi connectivity index (χ2v) is 5.84. The topological polar surface area (TPSA) is 26.3 Å². The van der Waals surface area contributed by atoms with Crippen molar-refractivity contribution in [2.45, 2.75) is 12.3 Å². The number of hydrogen-bond donors (Lipinski definition) is 0. The molecule has 3 rings (SSSR count). The van der Waals surface area contributed by atoms with E-state index in [-0.39, 0.29) is 23.9 Å². The lowest BCUT2D eigenvalue weighted by Crippen LogP contribution is -2.10. The fourth-order valence-electron chi connectivity index (χ4n) is 2.93. The molecule has 0 aliphatic heterocycles. The SMILES string of the molecule is COc1ccc(C(CC(=O)c2ccccc2)c2ccccc2F)cc1. The molecule has 0 amide bonds. The Hall–Kier alpha value is -2.94. The van der Waals surface area contributed by atoms with E-state index in [2.05, 4.69) is 0 Å². The van der Waals surface area contributed by atoms with E-state index in [1.165, 1.54) is 6.07 Å². The van der Waals surface area contributed by atoms with Gasteiger partial charge >= 0.3 is 0 Å². The highest BCUT2D eigenvalue weighted by atomic mass is 19.1. The zero-order valence-corrected chi connectivity index (χ0v) is 14.0. The van der Waals surface area contributed by atoms with Crippen LogP contribution in [0.15, 0.2) is 78.9 Å². The fraction of sp³-hybridized carbons (Fsp3) is 0.136. The van der Waals surface area contributed by atoms with Gasteiger partial charge in [-0.15, -0.1) is 0 Å². The van der Waals surface area contributed by atoms with Crippen LogP contribution in [0, 0.1) is 5.82 Å². The predicted molar refractivity (Wildman–Crippen MR) is 96.6 cm³/mol. The van der Waals surface area contributed by atoms with Crippen LogP contribution >= 0.6 is 0 Å². The third-order valence-electron chi connectivity index (χ3n) is 4.28. The first kappa shape index (κ1) is 16.9. The number of ketones is 1. The van der Waals surface area contributed by atoms with Crippen LogP contribution < -0.4 is 4.74 Å². The summed E-state index contributed by atoms with van der Waals surface area (Å²) in [6.07, 6.45) is 0.206. The first-order chi connectivity index (χ1) is 12.2. The van der Waals surface area contributed by atoms with Gasteiger partial charge in [0.2, 0.25) is 0 Å². The van der Waals surface area contributed by atoms with Gasteiger partial charge in [0.25, 0.3) is 0 Å². The largest absolute Gasteiger partial charge is 0.497 e. The fourth-order valence-corrected chi connectivity index (χ4v) is 2.93. The molecule has 0 saturated heterocycles. The highest BCUT2D eigenvalue weighted by Crippen LogP contribution is 2.32. The standard InChI is InChI=1S/C22H19FO2/c1-25-18-13-11-16(12-14-18)20(19-9-5-6-10-21(19)23)15-22(24)17-7-3-2-4-8-17/h2-14,20H,15H2,1H3. The van der Waals surface area contributed by atoms with Crippen molar-refractivity contribution in [3.05, 3.63) is 101 Å². The Kier molecular flexibility index (Phi) is 5.24. The number of rotatable bonds is 6. The molecule has 1 atom stereocenters. The number of Topliss-reactive ketones (excluding diaryl/α,β-unsaturated/α-hetero) is 1. The Bertz CT molecular complexity index is 841. The number of methoxy groups -OCH3 is 1. The number of ether oxygens (including phenoxy) is 1. The first-order valence-electron chi connectivity index (χ1n) is 8.15. The maximum absolute atomic E-state index is 14.4. The molecule has 2 nitrogen and oxygen atoms in total. The van der Waals surface area contributed by atoms with Crippen molar-refractivity contribution in [2.75, 3.05) is 7.11 Å². The molecule has 0 radical (unpaired) electrons. The molecular formula is C22H19FO2. The van der Waals surface area contributed by atoms with Crippen molar-refractivity contribution >= 4 is 5.78 Å². The lowest BCUT2D eigenvalue weighted by Gasteiger charge is -2.18. The van der Waals surface area contributed by atoms with E-state index in [4.69, 9.17) is 4.74 Å². The van der Waals surface area contributed by atoms with E-state index in [0.29, 0.717) is 11.1 Å². The molecule has 0 heterocycles. The predicted octanol–water partition coefficient (Wildman–Crippen LogP) is 5.24. The third-order valence-corrected chi connectivity index (χ3v) is 4.28. The summed E-state index contributed by atoms with van der Waals surface area (Å²) in [5.74, 6) is 0.0686. The van der Waals surface area contributed by atoms with E-state index in [1.807, 2.05) is 42.5 Å². The molecule has 3 aromatic carbocycles. The van der Waals surface area contributed by atoms with Gasteiger partial charge in [-0.2, -0.15) is 0 Å². The van der Waals surface area contributed by atoms with Crippen LogP contribution in [-0.4, -0.2) is 12.9 Å². The average Bonchev–Trinajstić information content (AvgIpc) is 2.67. The van der Waals surface area contributed by atoms with Gasteiger partial charge in [0.1, 0.15) is 11.6 Å². The number of halogens is 1. The normalized spacial score (nSPS) is 11.8. The summed E-state index contributed by atoms with van der Waals surface area (Å²) in [6, 6.07) is 23.1. The Morgan fingerprint density at radius 1 is 0.920 bits per heavy atom. The molecule has 0 aromatic heterocycles. The van der Waals surface area contributed by atoms with Crippen LogP contribution in [0.1, 0.15) is 33.8 Å². The van der Waals surface area contributed by atoms with Gasteiger partial charge in [-0.05, 0) is 29.3 Å². The number of carbonyl (C=O) groups is 1. The summed E-state index contributed by atoms with van der Waals surface area (Å²) >= 11 is 0. The lowest BCUT2D eigenvalue weighted by molar-refractivity contribution is 0.0977. The number of hydrogen-bond acceptors (Lipinski definition) is 2. The van der Waals surface area contributed by atoms with E-state index in [1.54, 1.807) is 37.4 Å². The van der Waals surface area contributed by atoms with E-state index in [9.17, 15) is 9.18 Å². The van der Waals surface area contributed by atoms with Crippen LogP contribution in [0.5, 0.6) is 5.75 Å². The van der Waals surface area contributed by atoms with Crippen molar-refractivity contribution in [3.63, 3.8) is 0 Å². The van der Waals surface area contributed by atoms with E-state index in [0.717, 1.165) is 11.3 Å². The zero-order chi connectivity index (χ0) is 17.6. The highest BCUT2D eigenvalue weighted by molar-refractivity contribution is 5.96. The second kappa shape index (κ2) is 7.75. The quantitative estimate of drug-likeness (QED) is 0.576. The maximum atomic E-state index is 14.4. The monoisotopic (exact) mass is 334 g/mol. The minimum atomic E-state index is -0.347. The van der Waals surface area contributed by atoms with Gasteiger partial charge in [0, 0.05) is 17.9 Å². The summed E-state index contributed by atoms with van der Waals surface area (Å²) in [6.45, 7) is 0. The summed E-state index contributed by atoms with van der Waals surface area (Å²) in [5.41, 5.74) is 2.05. The van der Waals surface area contributed by atoms with Crippen molar-refractivity contribution in [1.82, 2.24) is 0 Å².